The normalized spacial score (nSPS) is 14.8. The summed E-state index contributed by atoms with van der Waals surface area (Å²) in [6.07, 6.45) is -0.549. The fraction of sp³-hybridized carbons (Fsp3) is 0.294. The van der Waals surface area contributed by atoms with E-state index in [1.807, 2.05) is 6.07 Å². The number of aromatic nitrogens is 1. The van der Waals surface area contributed by atoms with E-state index in [0.717, 1.165) is 12.1 Å². The third-order valence-corrected chi connectivity index (χ3v) is 4.02. The minimum Gasteiger partial charge on any atom is -0.391 e. The number of para-hydroxylation sites is 1. The Hall–Kier alpha value is -1.84. The van der Waals surface area contributed by atoms with E-state index in [1.54, 1.807) is 6.92 Å². The Morgan fingerprint density at radius 2 is 1.80 bits per heavy atom. The Morgan fingerprint density at radius 1 is 1.10 bits per heavy atom. The lowest BCUT2D eigenvalue weighted by Crippen LogP contribution is -2.22. The van der Waals surface area contributed by atoms with E-state index in [1.165, 1.54) is 21.8 Å². The summed E-state index contributed by atoms with van der Waals surface area (Å²) >= 11 is 0. The minimum atomic E-state index is -0.549. The van der Waals surface area contributed by atoms with Crippen LogP contribution in [-0.2, 0) is 6.54 Å². The number of nitrogens with two attached hydrogens (primary N) is 1. The summed E-state index contributed by atoms with van der Waals surface area (Å²) in [6, 6.07) is 14.3. The molecule has 3 N–H and O–H groups in total. The van der Waals surface area contributed by atoms with E-state index in [0.29, 0.717) is 0 Å². The van der Waals surface area contributed by atoms with Gasteiger partial charge in [0.05, 0.1) is 12.1 Å². The SMILES string of the molecule is CCn1c2ccccc2c2cc([C@H](N)[C@@H](C)O)ccc21. The predicted molar refractivity (Wildman–Crippen MR) is 83.7 cm³/mol. The van der Waals surface area contributed by atoms with Gasteiger partial charge in [-0.2, -0.15) is 0 Å². The molecule has 3 nitrogen and oxygen atoms in total. The Bertz CT molecular complexity index is 758. The molecule has 2 atom stereocenters. The van der Waals surface area contributed by atoms with Gasteiger partial charge < -0.3 is 15.4 Å². The third kappa shape index (κ3) is 1.90. The highest BCUT2D eigenvalue weighted by atomic mass is 16.3. The second-order valence-electron chi connectivity index (χ2n) is 5.30. The molecule has 1 heterocycles. The minimum absolute atomic E-state index is 0.344. The molecular weight excluding hydrogens is 248 g/mol. The molecule has 0 aliphatic heterocycles. The molecule has 20 heavy (non-hydrogen) atoms. The van der Waals surface area contributed by atoms with Crippen molar-refractivity contribution in [2.45, 2.75) is 32.5 Å². The number of fused-ring (bicyclic) bond motifs is 3. The molecule has 0 spiro atoms. The Morgan fingerprint density at radius 3 is 2.50 bits per heavy atom. The summed E-state index contributed by atoms with van der Waals surface area (Å²) in [5, 5.41) is 12.1. The standard InChI is InChI=1S/C17H20N2O/c1-3-19-15-7-5-4-6-13(15)14-10-12(8-9-16(14)19)17(18)11(2)20/h4-11,17,20H,3,18H2,1-2H3/t11-,17-/m1/s1. The quantitative estimate of drug-likeness (QED) is 0.766. The van der Waals surface area contributed by atoms with E-state index in [4.69, 9.17) is 5.73 Å². The van der Waals surface area contributed by atoms with Gasteiger partial charge in [0.25, 0.3) is 0 Å². The van der Waals surface area contributed by atoms with Gasteiger partial charge in [0, 0.05) is 28.4 Å². The second-order valence-corrected chi connectivity index (χ2v) is 5.30. The van der Waals surface area contributed by atoms with Crippen molar-refractivity contribution in [3.63, 3.8) is 0 Å². The van der Waals surface area contributed by atoms with Crippen molar-refractivity contribution in [2.24, 2.45) is 5.73 Å². The first-order chi connectivity index (χ1) is 9.63. The van der Waals surface area contributed by atoms with Crippen LogP contribution in [0.4, 0.5) is 0 Å². The van der Waals surface area contributed by atoms with E-state index < -0.39 is 6.10 Å². The number of aliphatic hydroxyl groups is 1. The van der Waals surface area contributed by atoms with E-state index in [9.17, 15) is 5.11 Å². The van der Waals surface area contributed by atoms with Gasteiger partial charge in [0.15, 0.2) is 0 Å². The third-order valence-electron chi connectivity index (χ3n) is 4.02. The van der Waals surface area contributed by atoms with Crippen LogP contribution in [0.25, 0.3) is 21.8 Å². The average Bonchev–Trinajstić information content (AvgIpc) is 2.79. The van der Waals surface area contributed by atoms with Crippen molar-refractivity contribution in [2.75, 3.05) is 0 Å². The van der Waals surface area contributed by atoms with E-state index in [2.05, 4.69) is 47.9 Å². The van der Waals surface area contributed by atoms with Crippen molar-refractivity contribution < 1.29 is 5.11 Å². The van der Waals surface area contributed by atoms with Crippen LogP contribution < -0.4 is 5.73 Å². The number of hydrogen-bond acceptors (Lipinski definition) is 2. The molecule has 3 heteroatoms. The number of benzene rings is 2. The molecule has 0 fully saturated rings. The molecule has 0 aliphatic rings. The lowest BCUT2D eigenvalue weighted by atomic mass is 10.0. The van der Waals surface area contributed by atoms with E-state index >= 15 is 0 Å². The summed E-state index contributed by atoms with van der Waals surface area (Å²) in [5.41, 5.74) is 9.49. The predicted octanol–water partition coefficient (Wildman–Crippen LogP) is 3.20. The summed E-state index contributed by atoms with van der Waals surface area (Å²) in [4.78, 5) is 0. The molecule has 3 rings (SSSR count). The number of nitrogens with zero attached hydrogens (tertiary/aromatic N) is 1. The monoisotopic (exact) mass is 268 g/mol. The van der Waals surface area contributed by atoms with Crippen molar-refractivity contribution in [3.05, 3.63) is 48.0 Å². The fourth-order valence-electron chi connectivity index (χ4n) is 2.90. The molecule has 0 amide bonds. The number of aryl methyl sites for hydroxylation is 1. The van der Waals surface area contributed by atoms with Gasteiger partial charge in [-0.15, -0.1) is 0 Å². The van der Waals surface area contributed by atoms with Crippen LogP contribution in [0.1, 0.15) is 25.5 Å². The second kappa shape index (κ2) is 4.93. The summed E-state index contributed by atoms with van der Waals surface area (Å²) in [6.45, 7) is 4.82. The van der Waals surface area contributed by atoms with Gasteiger partial charge in [-0.05, 0) is 37.6 Å². The molecule has 104 valence electrons. The lowest BCUT2D eigenvalue weighted by Gasteiger charge is -2.15. The average molecular weight is 268 g/mol. The highest BCUT2D eigenvalue weighted by Crippen LogP contribution is 2.31. The van der Waals surface area contributed by atoms with Crippen LogP contribution in [0.15, 0.2) is 42.5 Å². The van der Waals surface area contributed by atoms with Crippen LogP contribution in [0.3, 0.4) is 0 Å². The van der Waals surface area contributed by atoms with Gasteiger partial charge >= 0.3 is 0 Å². The Kier molecular flexibility index (Phi) is 3.24. The van der Waals surface area contributed by atoms with Crippen molar-refractivity contribution in [1.82, 2.24) is 4.57 Å². The van der Waals surface area contributed by atoms with Gasteiger partial charge in [-0.1, -0.05) is 24.3 Å². The number of hydrogen-bond donors (Lipinski definition) is 2. The number of rotatable bonds is 3. The molecular formula is C17H20N2O. The highest BCUT2D eigenvalue weighted by Gasteiger charge is 2.15. The van der Waals surface area contributed by atoms with Crippen molar-refractivity contribution >= 4 is 21.8 Å². The lowest BCUT2D eigenvalue weighted by molar-refractivity contribution is 0.164. The van der Waals surface area contributed by atoms with Crippen LogP contribution in [-0.4, -0.2) is 15.8 Å². The first kappa shape index (κ1) is 13.2. The van der Waals surface area contributed by atoms with Gasteiger partial charge in [0.2, 0.25) is 0 Å². The van der Waals surface area contributed by atoms with Gasteiger partial charge in [0.1, 0.15) is 0 Å². The largest absolute Gasteiger partial charge is 0.391 e. The maximum atomic E-state index is 9.68. The molecule has 2 aromatic carbocycles. The molecule has 1 aromatic heterocycles. The van der Waals surface area contributed by atoms with Crippen LogP contribution in [0, 0.1) is 0 Å². The van der Waals surface area contributed by atoms with Crippen molar-refractivity contribution in [3.8, 4) is 0 Å². The number of aliphatic hydroxyl groups excluding tert-OH is 1. The van der Waals surface area contributed by atoms with Crippen molar-refractivity contribution in [1.29, 1.82) is 0 Å². The molecule has 0 saturated heterocycles. The van der Waals surface area contributed by atoms with Crippen LogP contribution in [0.5, 0.6) is 0 Å². The zero-order chi connectivity index (χ0) is 14.3. The molecule has 0 saturated carbocycles. The maximum Gasteiger partial charge on any atom is 0.0704 e. The Balaban J connectivity index is 2.31. The molecule has 0 aliphatic carbocycles. The van der Waals surface area contributed by atoms with Crippen LogP contribution >= 0.6 is 0 Å². The van der Waals surface area contributed by atoms with Gasteiger partial charge in [-0.25, -0.2) is 0 Å². The van der Waals surface area contributed by atoms with Crippen LogP contribution in [0.2, 0.25) is 0 Å². The first-order valence-corrected chi connectivity index (χ1v) is 7.08. The maximum absolute atomic E-state index is 9.68. The molecule has 3 aromatic rings. The van der Waals surface area contributed by atoms with Gasteiger partial charge in [-0.3, -0.25) is 0 Å². The smallest absolute Gasteiger partial charge is 0.0704 e. The fourth-order valence-corrected chi connectivity index (χ4v) is 2.90. The zero-order valence-corrected chi connectivity index (χ0v) is 11.9. The first-order valence-electron chi connectivity index (χ1n) is 7.08. The topological polar surface area (TPSA) is 51.2 Å². The summed E-state index contributed by atoms with van der Waals surface area (Å²) in [5.74, 6) is 0. The zero-order valence-electron chi connectivity index (χ0n) is 11.9. The Labute approximate surface area is 118 Å². The molecule has 0 bridgehead atoms. The van der Waals surface area contributed by atoms with E-state index in [-0.39, 0.29) is 6.04 Å². The summed E-state index contributed by atoms with van der Waals surface area (Å²) in [7, 11) is 0. The summed E-state index contributed by atoms with van der Waals surface area (Å²) < 4.78 is 2.31. The molecule has 0 radical (unpaired) electrons. The highest BCUT2D eigenvalue weighted by molar-refractivity contribution is 6.08. The molecule has 0 unspecified atom stereocenters.